The number of nitrogens with two attached hydrogens (primary N) is 1. The molecule has 2 N–H and O–H groups in total. The Morgan fingerprint density at radius 1 is 1.67 bits per heavy atom. The highest BCUT2D eigenvalue weighted by molar-refractivity contribution is 5.52. The normalized spacial score (nSPS) is 19.8. The van der Waals surface area contributed by atoms with Gasteiger partial charge in [0.2, 0.25) is 5.88 Å². The molecule has 78 valence electrons. The lowest BCUT2D eigenvalue weighted by atomic mass is 10.3. The summed E-state index contributed by atoms with van der Waals surface area (Å²) >= 11 is 0. The highest BCUT2D eigenvalue weighted by Crippen LogP contribution is 2.21. The SMILES string of the molecule is N#Cc1cnc(OC2CCOC2)c(N)c1. The molecule has 1 unspecified atom stereocenters. The minimum atomic E-state index is 0.0211. The molecule has 1 aromatic rings. The molecule has 0 aliphatic carbocycles. The first-order chi connectivity index (χ1) is 7.29. The summed E-state index contributed by atoms with van der Waals surface area (Å²) < 4.78 is 10.7. The number of pyridine rings is 1. The summed E-state index contributed by atoms with van der Waals surface area (Å²) in [4.78, 5) is 3.99. The van der Waals surface area contributed by atoms with Gasteiger partial charge in [0.15, 0.2) is 0 Å². The Morgan fingerprint density at radius 3 is 3.13 bits per heavy atom. The van der Waals surface area contributed by atoms with E-state index >= 15 is 0 Å². The van der Waals surface area contributed by atoms with Crippen LogP contribution >= 0.6 is 0 Å². The predicted molar refractivity (Wildman–Crippen MR) is 53.2 cm³/mol. The van der Waals surface area contributed by atoms with Crippen LogP contribution in [-0.2, 0) is 4.74 Å². The highest BCUT2D eigenvalue weighted by atomic mass is 16.5. The topological polar surface area (TPSA) is 81.2 Å². The van der Waals surface area contributed by atoms with Crippen LogP contribution in [-0.4, -0.2) is 24.3 Å². The quantitative estimate of drug-likeness (QED) is 0.768. The maximum absolute atomic E-state index is 8.63. The molecule has 5 heteroatoms. The summed E-state index contributed by atoms with van der Waals surface area (Å²) in [5.41, 5.74) is 6.52. The average molecular weight is 205 g/mol. The molecular formula is C10H11N3O2. The molecule has 1 atom stereocenters. The Morgan fingerprint density at radius 2 is 2.53 bits per heavy atom. The fourth-order valence-corrected chi connectivity index (χ4v) is 1.39. The first kappa shape index (κ1) is 9.74. The summed E-state index contributed by atoms with van der Waals surface area (Å²) in [6.07, 6.45) is 2.32. The van der Waals surface area contributed by atoms with Crippen molar-refractivity contribution in [1.29, 1.82) is 5.26 Å². The Labute approximate surface area is 87.4 Å². The minimum Gasteiger partial charge on any atom is -0.470 e. The van der Waals surface area contributed by atoms with E-state index < -0.39 is 0 Å². The zero-order valence-electron chi connectivity index (χ0n) is 8.14. The molecule has 1 fully saturated rings. The van der Waals surface area contributed by atoms with Gasteiger partial charge in [-0.15, -0.1) is 0 Å². The summed E-state index contributed by atoms with van der Waals surface area (Å²) in [5.74, 6) is 0.379. The monoisotopic (exact) mass is 205 g/mol. The van der Waals surface area contributed by atoms with Gasteiger partial charge in [-0.1, -0.05) is 0 Å². The van der Waals surface area contributed by atoms with E-state index in [1.807, 2.05) is 6.07 Å². The van der Waals surface area contributed by atoms with Gasteiger partial charge in [0.1, 0.15) is 12.2 Å². The van der Waals surface area contributed by atoms with E-state index in [-0.39, 0.29) is 6.10 Å². The third kappa shape index (κ3) is 2.17. The molecule has 5 nitrogen and oxygen atoms in total. The van der Waals surface area contributed by atoms with Crippen molar-refractivity contribution < 1.29 is 9.47 Å². The van der Waals surface area contributed by atoms with Gasteiger partial charge in [-0.2, -0.15) is 5.26 Å². The Bertz CT molecular complexity index is 394. The van der Waals surface area contributed by atoms with E-state index in [0.717, 1.165) is 6.42 Å². The number of rotatable bonds is 2. The summed E-state index contributed by atoms with van der Waals surface area (Å²) in [7, 11) is 0. The number of nitriles is 1. The van der Waals surface area contributed by atoms with Crippen LogP contribution in [0.4, 0.5) is 5.69 Å². The van der Waals surface area contributed by atoms with Gasteiger partial charge in [0.25, 0.3) is 0 Å². The van der Waals surface area contributed by atoms with Crippen LogP contribution in [0.2, 0.25) is 0 Å². The third-order valence-corrected chi connectivity index (χ3v) is 2.17. The van der Waals surface area contributed by atoms with Crippen LogP contribution in [0.25, 0.3) is 0 Å². The Balaban J connectivity index is 2.11. The van der Waals surface area contributed by atoms with Gasteiger partial charge >= 0.3 is 0 Å². The number of anilines is 1. The third-order valence-electron chi connectivity index (χ3n) is 2.17. The van der Waals surface area contributed by atoms with E-state index in [1.165, 1.54) is 6.20 Å². The van der Waals surface area contributed by atoms with Crippen molar-refractivity contribution in [3.05, 3.63) is 17.8 Å². The second-order valence-electron chi connectivity index (χ2n) is 3.33. The number of ether oxygens (including phenoxy) is 2. The van der Waals surface area contributed by atoms with Gasteiger partial charge in [0.05, 0.1) is 24.5 Å². The first-order valence-corrected chi connectivity index (χ1v) is 4.69. The molecular weight excluding hydrogens is 194 g/mol. The number of hydrogen-bond acceptors (Lipinski definition) is 5. The van der Waals surface area contributed by atoms with Crippen molar-refractivity contribution in [2.75, 3.05) is 18.9 Å². The average Bonchev–Trinajstić information content (AvgIpc) is 2.74. The van der Waals surface area contributed by atoms with E-state index in [9.17, 15) is 0 Å². The molecule has 2 heterocycles. The zero-order valence-corrected chi connectivity index (χ0v) is 8.14. The highest BCUT2D eigenvalue weighted by Gasteiger charge is 2.18. The van der Waals surface area contributed by atoms with Gasteiger partial charge in [-0.05, 0) is 6.07 Å². The molecule has 0 saturated carbocycles. The standard InChI is InChI=1S/C10H11N3O2/c11-4-7-3-9(12)10(13-5-7)15-8-1-2-14-6-8/h3,5,8H,1-2,6,12H2. The fourth-order valence-electron chi connectivity index (χ4n) is 1.39. The largest absolute Gasteiger partial charge is 0.470 e. The van der Waals surface area contributed by atoms with E-state index in [1.54, 1.807) is 6.07 Å². The second kappa shape index (κ2) is 4.15. The van der Waals surface area contributed by atoms with Crippen molar-refractivity contribution in [3.63, 3.8) is 0 Å². The smallest absolute Gasteiger partial charge is 0.237 e. The first-order valence-electron chi connectivity index (χ1n) is 4.69. The molecule has 0 bridgehead atoms. The van der Waals surface area contributed by atoms with Crippen LogP contribution in [0.5, 0.6) is 5.88 Å². The minimum absolute atomic E-state index is 0.0211. The van der Waals surface area contributed by atoms with Crippen molar-refractivity contribution in [1.82, 2.24) is 4.98 Å². The van der Waals surface area contributed by atoms with Gasteiger partial charge in [-0.25, -0.2) is 4.98 Å². The molecule has 0 radical (unpaired) electrons. The zero-order chi connectivity index (χ0) is 10.7. The lowest BCUT2D eigenvalue weighted by molar-refractivity contribution is 0.138. The Hall–Kier alpha value is -1.80. The molecule has 0 spiro atoms. The van der Waals surface area contributed by atoms with Crippen molar-refractivity contribution >= 4 is 5.69 Å². The lowest BCUT2D eigenvalue weighted by Gasteiger charge is -2.12. The molecule has 15 heavy (non-hydrogen) atoms. The van der Waals surface area contributed by atoms with Crippen LogP contribution in [0, 0.1) is 11.3 Å². The molecule has 1 saturated heterocycles. The van der Waals surface area contributed by atoms with Crippen molar-refractivity contribution in [2.24, 2.45) is 0 Å². The van der Waals surface area contributed by atoms with E-state index in [4.69, 9.17) is 20.5 Å². The van der Waals surface area contributed by atoms with Crippen molar-refractivity contribution in [2.45, 2.75) is 12.5 Å². The van der Waals surface area contributed by atoms with Crippen LogP contribution < -0.4 is 10.5 Å². The summed E-state index contributed by atoms with van der Waals surface area (Å²) in [6.45, 7) is 1.28. The van der Waals surface area contributed by atoms with Crippen LogP contribution in [0.15, 0.2) is 12.3 Å². The second-order valence-corrected chi connectivity index (χ2v) is 3.33. The molecule has 1 aliphatic rings. The van der Waals surface area contributed by atoms with Crippen LogP contribution in [0.3, 0.4) is 0 Å². The maximum atomic E-state index is 8.63. The van der Waals surface area contributed by atoms with E-state index in [0.29, 0.717) is 30.3 Å². The Kier molecular flexibility index (Phi) is 2.70. The maximum Gasteiger partial charge on any atom is 0.237 e. The molecule has 2 rings (SSSR count). The number of hydrogen-bond donors (Lipinski definition) is 1. The lowest BCUT2D eigenvalue weighted by Crippen LogP contribution is -2.17. The summed E-state index contributed by atoms with van der Waals surface area (Å²) in [5, 5.41) is 8.63. The number of nitrogens with zero attached hydrogens (tertiary/aromatic N) is 2. The fraction of sp³-hybridized carbons (Fsp3) is 0.400. The number of nitrogen functional groups attached to an aromatic ring is 1. The van der Waals surface area contributed by atoms with Gasteiger partial charge in [-0.3, -0.25) is 0 Å². The summed E-state index contributed by atoms with van der Waals surface area (Å²) in [6, 6.07) is 3.52. The molecule has 1 aromatic heterocycles. The van der Waals surface area contributed by atoms with Crippen molar-refractivity contribution in [3.8, 4) is 11.9 Å². The molecule has 1 aliphatic heterocycles. The predicted octanol–water partition coefficient (Wildman–Crippen LogP) is 0.703. The van der Waals surface area contributed by atoms with E-state index in [2.05, 4.69) is 4.98 Å². The van der Waals surface area contributed by atoms with Crippen LogP contribution in [0.1, 0.15) is 12.0 Å². The number of aromatic nitrogens is 1. The molecule has 0 aromatic carbocycles. The van der Waals surface area contributed by atoms with Gasteiger partial charge < -0.3 is 15.2 Å². The van der Waals surface area contributed by atoms with Gasteiger partial charge in [0, 0.05) is 12.6 Å². The molecule has 0 amide bonds.